The van der Waals surface area contributed by atoms with Gasteiger partial charge in [0.1, 0.15) is 17.3 Å². The number of hydrogen-bond acceptors (Lipinski definition) is 4. The first-order valence-corrected chi connectivity index (χ1v) is 6.29. The fourth-order valence-corrected chi connectivity index (χ4v) is 1.73. The van der Waals surface area contributed by atoms with Crippen molar-refractivity contribution in [3.05, 3.63) is 42.0 Å². The number of pyridine rings is 1. The van der Waals surface area contributed by atoms with E-state index in [1.54, 1.807) is 11.8 Å². The molecule has 1 N–H and O–H groups in total. The highest BCUT2D eigenvalue weighted by molar-refractivity contribution is 7.98. The summed E-state index contributed by atoms with van der Waals surface area (Å²) < 4.78 is 5.46. The number of aryl methyl sites for hydroxylation is 1. The van der Waals surface area contributed by atoms with Crippen molar-refractivity contribution in [3.8, 4) is 0 Å². The van der Waals surface area contributed by atoms with Gasteiger partial charge >= 0.3 is 0 Å². The third-order valence-corrected chi connectivity index (χ3v) is 2.92. The molecule has 0 aromatic carbocycles. The van der Waals surface area contributed by atoms with E-state index in [-0.39, 0.29) is 0 Å². The molecular weight excluding hydrogens is 220 g/mol. The maximum absolute atomic E-state index is 5.46. The van der Waals surface area contributed by atoms with Crippen molar-refractivity contribution in [1.29, 1.82) is 0 Å². The maximum Gasteiger partial charge on any atom is 0.126 e. The van der Waals surface area contributed by atoms with Gasteiger partial charge in [0.15, 0.2) is 0 Å². The molecule has 4 heteroatoms. The molecule has 2 aromatic heterocycles. The Morgan fingerprint density at radius 1 is 1.31 bits per heavy atom. The first kappa shape index (κ1) is 11.1. The van der Waals surface area contributed by atoms with Gasteiger partial charge in [0, 0.05) is 11.1 Å². The second-order valence-corrected chi connectivity index (χ2v) is 4.33. The van der Waals surface area contributed by atoms with Crippen LogP contribution in [0.5, 0.6) is 0 Å². The van der Waals surface area contributed by atoms with Gasteiger partial charge in [-0.25, -0.2) is 4.98 Å². The lowest BCUT2D eigenvalue weighted by Gasteiger charge is -2.03. The number of thioether (sulfide) groups is 1. The van der Waals surface area contributed by atoms with Gasteiger partial charge in [-0.1, -0.05) is 0 Å². The quantitative estimate of drug-likeness (QED) is 0.824. The summed E-state index contributed by atoms with van der Waals surface area (Å²) >= 11 is 1.69. The lowest BCUT2D eigenvalue weighted by atomic mass is 10.4. The third kappa shape index (κ3) is 2.79. The van der Waals surface area contributed by atoms with E-state index in [2.05, 4.69) is 10.3 Å². The van der Waals surface area contributed by atoms with E-state index in [9.17, 15) is 0 Å². The standard InChI is InChI=1S/C12H14N2OS/c1-9-3-4-10(15-9)7-13-12-6-5-11(16-2)8-14-12/h3-6,8H,7H2,1-2H3,(H,13,14). The molecule has 0 saturated heterocycles. The predicted octanol–water partition coefficient (Wildman–Crippen LogP) is 3.32. The lowest BCUT2D eigenvalue weighted by molar-refractivity contribution is 0.490. The minimum absolute atomic E-state index is 0.666. The Morgan fingerprint density at radius 2 is 2.19 bits per heavy atom. The summed E-state index contributed by atoms with van der Waals surface area (Å²) in [5.74, 6) is 2.72. The predicted molar refractivity (Wildman–Crippen MR) is 66.8 cm³/mol. The van der Waals surface area contributed by atoms with E-state index in [1.807, 2.05) is 43.6 Å². The van der Waals surface area contributed by atoms with E-state index in [0.29, 0.717) is 6.54 Å². The van der Waals surface area contributed by atoms with Crippen molar-refractivity contribution in [3.63, 3.8) is 0 Å². The van der Waals surface area contributed by atoms with Crippen LogP contribution in [0.15, 0.2) is 39.8 Å². The average molecular weight is 234 g/mol. The van der Waals surface area contributed by atoms with Crippen LogP contribution in [-0.4, -0.2) is 11.2 Å². The number of aromatic nitrogens is 1. The Hall–Kier alpha value is -1.42. The molecule has 0 amide bonds. The fraction of sp³-hybridized carbons (Fsp3) is 0.250. The molecule has 84 valence electrons. The molecule has 3 nitrogen and oxygen atoms in total. The van der Waals surface area contributed by atoms with Crippen LogP contribution in [0.25, 0.3) is 0 Å². The van der Waals surface area contributed by atoms with E-state index in [1.165, 1.54) is 4.90 Å². The van der Waals surface area contributed by atoms with Crippen molar-refractivity contribution < 1.29 is 4.42 Å². The molecular formula is C12H14N2OS. The summed E-state index contributed by atoms with van der Waals surface area (Å²) in [7, 11) is 0. The highest BCUT2D eigenvalue weighted by Crippen LogP contribution is 2.15. The van der Waals surface area contributed by atoms with Crippen LogP contribution in [0.3, 0.4) is 0 Å². The summed E-state index contributed by atoms with van der Waals surface area (Å²) in [6, 6.07) is 7.95. The zero-order chi connectivity index (χ0) is 11.4. The van der Waals surface area contributed by atoms with Gasteiger partial charge in [-0.05, 0) is 37.4 Å². The van der Waals surface area contributed by atoms with Crippen LogP contribution < -0.4 is 5.32 Å². The summed E-state index contributed by atoms with van der Waals surface area (Å²) in [6.45, 7) is 2.61. The SMILES string of the molecule is CSc1ccc(NCc2ccc(C)o2)nc1. The summed E-state index contributed by atoms with van der Waals surface area (Å²) in [6.07, 6.45) is 3.90. The monoisotopic (exact) mass is 234 g/mol. The first-order chi connectivity index (χ1) is 7.78. The number of hydrogen-bond donors (Lipinski definition) is 1. The van der Waals surface area contributed by atoms with Crippen molar-refractivity contribution in [2.45, 2.75) is 18.4 Å². The molecule has 0 spiro atoms. The van der Waals surface area contributed by atoms with E-state index < -0.39 is 0 Å². The second-order valence-electron chi connectivity index (χ2n) is 3.45. The summed E-state index contributed by atoms with van der Waals surface area (Å²) in [5.41, 5.74) is 0. The smallest absolute Gasteiger partial charge is 0.126 e. The maximum atomic E-state index is 5.46. The number of nitrogens with zero attached hydrogens (tertiary/aromatic N) is 1. The zero-order valence-electron chi connectivity index (χ0n) is 9.36. The first-order valence-electron chi connectivity index (χ1n) is 5.07. The van der Waals surface area contributed by atoms with Gasteiger partial charge in [-0.15, -0.1) is 11.8 Å². The number of nitrogens with one attached hydrogen (secondary N) is 1. The summed E-state index contributed by atoms with van der Waals surface area (Å²) in [4.78, 5) is 5.46. The normalized spacial score (nSPS) is 10.4. The summed E-state index contributed by atoms with van der Waals surface area (Å²) in [5, 5.41) is 3.21. The Bertz CT molecular complexity index is 450. The highest BCUT2D eigenvalue weighted by atomic mass is 32.2. The number of furan rings is 1. The molecule has 0 atom stereocenters. The Labute approximate surface area is 99.3 Å². The fourth-order valence-electron chi connectivity index (χ4n) is 1.36. The van der Waals surface area contributed by atoms with Crippen LogP contribution in [0.1, 0.15) is 11.5 Å². The minimum atomic E-state index is 0.666. The van der Waals surface area contributed by atoms with Crippen molar-refractivity contribution in [2.24, 2.45) is 0 Å². The highest BCUT2D eigenvalue weighted by Gasteiger charge is 1.99. The van der Waals surface area contributed by atoms with Gasteiger partial charge in [-0.3, -0.25) is 0 Å². The van der Waals surface area contributed by atoms with Crippen molar-refractivity contribution in [1.82, 2.24) is 4.98 Å². The molecule has 0 saturated carbocycles. The Morgan fingerprint density at radius 3 is 2.75 bits per heavy atom. The van der Waals surface area contributed by atoms with Crippen LogP contribution in [0.4, 0.5) is 5.82 Å². The average Bonchev–Trinajstić information content (AvgIpc) is 2.73. The van der Waals surface area contributed by atoms with Crippen molar-refractivity contribution >= 4 is 17.6 Å². The van der Waals surface area contributed by atoms with Gasteiger partial charge < -0.3 is 9.73 Å². The van der Waals surface area contributed by atoms with E-state index in [0.717, 1.165) is 17.3 Å². The van der Waals surface area contributed by atoms with Crippen molar-refractivity contribution in [2.75, 3.05) is 11.6 Å². The van der Waals surface area contributed by atoms with E-state index in [4.69, 9.17) is 4.42 Å². The molecule has 0 fully saturated rings. The molecule has 0 aliphatic rings. The molecule has 0 unspecified atom stereocenters. The minimum Gasteiger partial charge on any atom is -0.465 e. The molecule has 16 heavy (non-hydrogen) atoms. The second kappa shape index (κ2) is 5.07. The van der Waals surface area contributed by atoms with E-state index >= 15 is 0 Å². The van der Waals surface area contributed by atoms with Crippen LogP contribution in [0.2, 0.25) is 0 Å². The number of anilines is 1. The molecule has 0 aliphatic carbocycles. The molecule has 0 aliphatic heterocycles. The lowest BCUT2D eigenvalue weighted by Crippen LogP contribution is -1.99. The third-order valence-electron chi connectivity index (χ3n) is 2.21. The number of rotatable bonds is 4. The molecule has 0 bridgehead atoms. The molecule has 2 rings (SSSR count). The molecule has 2 aromatic rings. The van der Waals surface area contributed by atoms with Crippen LogP contribution in [-0.2, 0) is 6.54 Å². The van der Waals surface area contributed by atoms with Crippen LogP contribution in [0, 0.1) is 6.92 Å². The van der Waals surface area contributed by atoms with Gasteiger partial charge in [0.05, 0.1) is 6.54 Å². The molecule has 2 heterocycles. The Balaban J connectivity index is 1.94. The zero-order valence-corrected chi connectivity index (χ0v) is 10.2. The Kier molecular flexibility index (Phi) is 3.51. The van der Waals surface area contributed by atoms with Gasteiger partial charge in [0.2, 0.25) is 0 Å². The van der Waals surface area contributed by atoms with Crippen LogP contribution >= 0.6 is 11.8 Å². The van der Waals surface area contributed by atoms with Gasteiger partial charge in [-0.2, -0.15) is 0 Å². The van der Waals surface area contributed by atoms with Gasteiger partial charge in [0.25, 0.3) is 0 Å². The largest absolute Gasteiger partial charge is 0.465 e. The topological polar surface area (TPSA) is 38.1 Å². The molecule has 0 radical (unpaired) electrons.